The van der Waals surface area contributed by atoms with Crippen molar-refractivity contribution in [3.63, 3.8) is 0 Å². The zero-order valence-corrected chi connectivity index (χ0v) is 11.0. The smallest absolute Gasteiger partial charge is 0.256 e. The molecule has 0 bridgehead atoms. The molecule has 2 heterocycles. The Balaban J connectivity index is 1.94. The van der Waals surface area contributed by atoms with Crippen molar-refractivity contribution in [1.29, 1.82) is 0 Å². The molecule has 3 rings (SSSR count). The predicted molar refractivity (Wildman–Crippen MR) is 71.5 cm³/mol. The fraction of sp³-hybridized carbons (Fsp3) is 0.467. The van der Waals surface area contributed by atoms with Crippen LogP contribution in [0, 0.1) is 6.92 Å². The average Bonchev–Trinajstić information content (AvgIpc) is 2.93. The number of ketones is 1. The number of hydrogen-bond acceptors (Lipinski definition) is 3. The number of carbonyl (C=O) groups is 2. The summed E-state index contributed by atoms with van der Waals surface area (Å²) < 4.78 is 5.46. The van der Waals surface area contributed by atoms with Gasteiger partial charge in [0, 0.05) is 25.1 Å². The monoisotopic (exact) mass is 259 g/mol. The summed E-state index contributed by atoms with van der Waals surface area (Å²) >= 11 is 0. The summed E-state index contributed by atoms with van der Waals surface area (Å²) in [6, 6.07) is 5.68. The third-order valence-corrected chi connectivity index (χ3v) is 3.78. The maximum atomic E-state index is 12.4. The Labute approximate surface area is 112 Å². The van der Waals surface area contributed by atoms with Crippen LogP contribution >= 0.6 is 0 Å². The number of carbonyl (C=O) groups excluding carboxylic acids is 2. The van der Waals surface area contributed by atoms with Gasteiger partial charge >= 0.3 is 0 Å². The zero-order chi connectivity index (χ0) is 13.4. The minimum Gasteiger partial charge on any atom is -0.368 e. The van der Waals surface area contributed by atoms with E-state index >= 15 is 0 Å². The molecule has 0 aliphatic carbocycles. The number of rotatable bonds is 1. The van der Waals surface area contributed by atoms with Gasteiger partial charge in [-0.1, -0.05) is 11.6 Å². The first-order chi connectivity index (χ1) is 9.16. The van der Waals surface area contributed by atoms with Gasteiger partial charge in [-0.25, -0.2) is 0 Å². The van der Waals surface area contributed by atoms with Crippen molar-refractivity contribution >= 4 is 17.4 Å². The number of hydrogen-bond donors (Lipinski definition) is 0. The quantitative estimate of drug-likeness (QED) is 0.776. The second-order valence-electron chi connectivity index (χ2n) is 5.19. The van der Waals surface area contributed by atoms with Gasteiger partial charge in [0.1, 0.15) is 6.10 Å². The lowest BCUT2D eigenvalue weighted by molar-refractivity contribution is -0.127. The molecule has 1 unspecified atom stereocenters. The van der Waals surface area contributed by atoms with Gasteiger partial charge in [0.15, 0.2) is 5.78 Å². The number of aryl methyl sites for hydroxylation is 1. The van der Waals surface area contributed by atoms with E-state index in [1.807, 2.05) is 25.1 Å². The van der Waals surface area contributed by atoms with Crippen molar-refractivity contribution < 1.29 is 14.3 Å². The van der Waals surface area contributed by atoms with Crippen LogP contribution in [-0.2, 0) is 9.53 Å². The standard InChI is InChI=1S/C15H17NO3/c1-10-4-5-12-11(9-10)13(17)6-7-16(12)15(18)14-3-2-8-19-14/h4-5,9,14H,2-3,6-8H2,1H3. The molecule has 2 aliphatic heterocycles. The molecule has 19 heavy (non-hydrogen) atoms. The molecule has 0 aromatic heterocycles. The van der Waals surface area contributed by atoms with Crippen LogP contribution in [0.3, 0.4) is 0 Å². The van der Waals surface area contributed by atoms with Crippen LogP contribution in [0.2, 0.25) is 0 Å². The Kier molecular flexibility index (Phi) is 3.11. The molecule has 1 saturated heterocycles. The lowest BCUT2D eigenvalue weighted by Crippen LogP contribution is -2.43. The van der Waals surface area contributed by atoms with Crippen molar-refractivity contribution in [2.24, 2.45) is 0 Å². The van der Waals surface area contributed by atoms with Crippen molar-refractivity contribution in [3.05, 3.63) is 29.3 Å². The van der Waals surface area contributed by atoms with Gasteiger partial charge in [0.2, 0.25) is 0 Å². The molecule has 1 amide bonds. The van der Waals surface area contributed by atoms with Crippen LogP contribution in [0.15, 0.2) is 18.2 Å². The summed E-state index contributed by atoms with van der Waals surface area (Å²) in [6.07, 6.45) is 1.78. The summed E-state index contributed by atoms with van der Waals surface area (Å²) in [5, 5.41) is 0. The Morgan fingerprint density at radius 2 is 2.26 bits per heavy atom. The Hall–Kier alpha value is -1.68. The van der Waals surface area contributed by atoms with Crippen LogP contribution < -0.4 is 4.90 Å². The predicted octanol–water partition coefficient (Wildman–Crippen LogP) is 2.09. The first-order valence-electron chi connectivity index (χ1n) is 6.73. The topological polar surface area (TPSA) is 46.6 Å². The van der Waals surface area contributed by atoms with Crippen LogP contribution in [0.25, 0.3) is 0 Å². The highest BCUT2D eigenvalue weighted by Crippen LogP contribution is 2.30. The zero-order valence-electron chi connectivity index (χ0n) is 11.0. The summed E-state index contributed by atoms with van der Waals surface area (Å²) in [5.74, 6) is 0.116. The van der Waals surface area contributed by atoms with Crippen molar-refractivity contribution in [1.82, 2.24) is 0 Å². The summed E-state index contributed by atoms with van der Waals surface area (Å²) in [5.41, 5.74) is 2.44. The Bertz CT molecular complexity index is 532. The molecule has 1 fully saturated rings. The lowest BCUT2D eigenvalue weighted by Gasteiger charge is -2.30. The van der Waals surface area contributed by atoms with Crippen molar-refractivity contribution in [3.8, 4) is 0 Å². The van der Waals surface area contributed by atoms with Gasteiger partial charge in [-0.15, -0.1) is 0 Å². The van der Waals surface area contributed by atoms with E-state index in [4.69, 9.17) is 4.74 Å². The van der Waals surface area contributed by atoms with Crippen LogP contribution in [-0.4, -0.2) is 30.9 Å². The second-order valence-corrected chi connectivity index (χ2v) is 5.19. The third-order valence-electron chi connectivity index (χ3n) is 3.78. The largest absolute Gasteiger partial charge is 0.368 e. The maximum Gasteiger partial charge on any atom is 0.256 e. The highest BCUT2D eigenvalue weighted by molar-refractivity contribution is 6.09. The SMILES string of the molecule is Cc1ccc2c(c1)C(=O)CCN2C(=O)C1CCCO1. The number of anilines is 1. The van der Waals surface area contributed by atoms with Crippen LogP contribution in [0.5, 0.6) is 0 Å². The van der Waals surface area contributed by atoms with E-state index < -0.39 is 0 Å². The third kappa shape index (κ3) is 2.16. The molecule has 4 nitrogen and oxygen atoms in total. The van der Waals surface area contributed by atoms with Crippen molar-refractivity contribution in [2.75, 3.05) is 18.1 Å². The summed E-state index contributed by atoms with van der Waals surface area (Å²) in [7, 11) is 0. The average molecular weight is 259 g/mol. The van der Waals surface area contributed by atoms with Gasteiger partial charge in [-0.3, -0.25) is 9.59 Å². The fourth-order valence-electron chi connectivity index (χ4n) is 2.75. The van der Waals surface area contributed by atoms with Crippen LogP contribution in [0.1, 0.15) is 35.2 Å². The van der Waals surface area contributed by atoms with Gasteiger partial charge in [-0.2, -0.15) is 0 Å². The maximum absolute atomic E-state index is 12.4. The van der Waals surface area contributed by atoms with E-state index in [0.29, 0.717) is 25.1 Å². The van der Waals surface area contributed by atoms with Crippen molar-refractivity contribution in [2.45, 2.75) is 32.3 Å². The molecule has 1 aromatic rings. The molecule has 0 radical (unpaired) electrons. The normalized spacial score (nSPS) is 22.5. The highest BCUT2D eigenvalue weighted by Gasteiger charge is 2.33. The van der Waals surface area contributed by atoms with Crippen LogP contribution in [0.4, 0.5) is 5.69 Å². The minimum atomic E-state index is -0.331. The first kappa shape index (κ1) is 12.4. The molecule has 0 N–H and O–H groups in total. The minimum absolute atomic E-state index is 0.00453. The molecule has 2 aliphatic rings. The van der Waals surface area contributed by atoms with E-state index in [2.05, 4.69) is 0 Å². The van der Waals surface area contributed by atoms with Gasteiger partial charge < -0.3 is 9.64 Å². The van der Waals surface area contributed by atoms with Gasteiger partial charge in [-0.05, 0) is 31.9 Å². The second kappa shape index (κ2) is 4.78. The van der Waals surface area contributed by atoms with Gasteiger partial charge in [0.05, 0.1) is 5.69 Å². The van der Waals surface area contributed by atoms with E-state index in [1.54, 1.807) is 4.90 Å². The number of ether oxygens (including phenoxy) is 1. The fourth-order valence-corrected chi connectivity index (χ4v) is 2.75. The molecule has 1 atom stereocenters. The van der Waals surface area contributed by atoms with Gasteiger partial charge in [0.25, 0.3) is 5.91 Å². The highest BCUT2D eigenvalue weighted by atomic mass is 16.5. The Morgan fingerprint density at radius 3 is 3.00 bits per heavy atom. The summed E-state index contributed by atoms with van der Waals surface area (Å²) in [6.45, 7) is 3.08. The molecule has 1 aromatic carbocycles. The van der Waals surface area contributed by atoms with E-state index in [9.17, 15) is 9.59 Å². The summed E-state index contributed by atoms with van der Waals surface area (Å²) in [4.78, 5) is 26.1. The molecular formula is C15H17NO3. The molecular weight excluding hydrogens is 242 g/mol. The number of Topliss-reactive ketones (excluding diaryl/α,β-unsaturated/α-hetero) is 1. The lowest BCUT2D eigenvalue weighted by atomic mass is 9.97. The number of fused-ring (bicyclic) bond motifs is 1. The first-order valence-corrected chi connectivity index (χ1v) is 6.73. The van der Waals surface area contributed by atoms with E-state index in [-0.39, 0.29) is 17.8 Å². The molecule has 100 valence electrons. The Morgan fingerprint density at radius 1 is 1.42 bits per heavy atom. The number of nitrogens with zero attached hydrogens (tertiary/aromatic N) is 1. The number of amides is 1. The van der Waals surface area contributed by atoms with E-state index in [0.717, 1.165) is 24.1 Å². The molecule has 4 heteroatoms. The number of benzene rings is 1. The van der Waals surface area contributed by atoms with E-state index in [1.165, 1.54) is 0 Å². The molecule has 0 spiro atoms. The molecule has 0 saturated carbocycles.